The number of nitrogens with zero attached hydrogens (tertiary/aromatic N) is 3. The molecular weight excluding hydrogens is 366 g/mol. The monoisotopic (exact) mass is 399 g/mol. The number of methoxy groups -OCH3 is 1. The summed E-state index contributed by atoms with van der Waals surface area (Å²) in [6, 6.07) is 8.40. The molecule has 1 saturated heterocycles. The Bertz CT molecular complexity index is 812. The molecule has 0 amide bonds. The summed E-state index contributed by atoms with van der Waals surface area (Å²) in [5, 5.41) is 6.34. The second kappa shape index (κ2) is 9.89. The number of benzene rings is 1. The first-order valence-electron chi connectivity index (χ1n) is 10.3. The molecule has 0 saturated carbocycles. The van der Waals surface area contributed by atoms with E-state index in [0.29, 0.717) is 0 Å². The number of hydrogen-bond acceptors (Lipinski definition) is 7. The Balaban J connectivity index is 1.82. The fraction of sp³-hybridized carbons (Fsp3) is 0.545. The molecule has 29 heavy (non-hydrogen) atoms. The van der Waals surface area contributed by atoms with Crippen molar-refractivity contribution in [2.24, 2.45) is 0 Å². The number of nitrogens with one attached hydrogen (secondary N) is 2. The van der Waals surface area contributed by atoms with Gasteiger partial charge in [0.25, 0.3) is 0 Å². The van der Waals surface area contributed by atoms with Gasteiger partial charge >= 0.3 is 0 Å². The van der Waals surface area contributed by atoms with Crippen LogP contribution in [0.4, 0.5) is 5.82 Å². The third-order valence-corrected chi connectivity index (χ3v) is 5.05. The first-order valence-corrected chi connectivity index (χ1v) is 10.3. The topological polar surface area (TPSA) is 71.5 Å². The molecular formula is C22H33N5O2. The molecule has 2 heterocycles. The Morgan fingerprint density at radius 3 is 2.69 bits per heavy atom. The van der Waals surface area contributed by atoms with Crippen LogP contribution in [0.15, 0.2) is 24.3 Å². The van der Waals surface area contributed by atoms with E-state index in [4.69, 9.17) is 19.4 Å². The predicted molar refractivity (Wildman–Crippen MR) is 115 cm³/mol. The molecule has 7 nitrogen and oxygen atoms in total. The number of hydrogen-bond donors (Lipinski definition) is 2. The van der Waals surface area contributed by atoms with Crippen LogP contribution in [-0.2, 0) is 13.1 Å². The van der Waals surface area contributed by atoms with Crippen LogP contribution < -0.4 is 20.1 Å². The van der Waals surface area contributed by atoms with Crippen LogP contribution in [0.25, 0.3) is 0 Å². The number of likely N-dealkylation sites (tertiary alicyclic amines) is 1. The van der Waals surface area contributed by atoms with Gasteiger partial charge in [0.1, 0.15) is 11.6 Å². The van der Waals surface area contributed by atoms with E-state index >= 15 is 0 Å². The molecule has 0 unspecified atom stereocenters. The van der Waals surface area contributed by atoms with Crippen molar-refractivity contribution in [1.29, 1.82) is 0 Å². The summed E-state index contributed by atoms with van der Waals surface area (Å²) in [4.78, 5) is 12.0. The van der Waals surface area contributed by atoms with Gasteiger partial charge in [0.2, 0.25) is 0 Å². The highest BCUT2D eigenvalue weighted by atomic mass is 16.5. The molecule has 0 radical (unpaired) electrons. The third kappa shape index (κ3) is 5.36. The number of rotatable bonds is 9. The molecule has 1 aliphatic rings. The summed E-state index contributed by atoms with van der Waals surface area (Å²) in [6.45, 7) is 6.64. The standard InChI is InChI=1S/C22H33N5O2/c1-15(2)29-20-11-16(8-9-19(20)28-5)14-27-10-6-7-18(27)22-25-17(13-23-3)12-21(24-4)26-22/h8-9,11-12,15,18,23H,6-7,10,13-14H2,1-5H3,(H,24,25,26)/t18-/m0/s1. The van der Waals surface area contributed by atoms with E-state index in [1.807, 2.05) is 40.1 Å². The van der Waals surface area contributed by atoms with E-state index in [-0.39, 0.29) is 12.1 Å². The molecule has 1 fully saturated rings. The van der Waals surface area contributed by atoms with E-state index in [1.165, 1.54) is 5.56 Å². The van der Waals surface area contributed by atoms with Crippen LogP contribution in [-0.4, -0.2) is 48.7 Å². The lowest BCUT2D eigenvalue weighted by atomic mass is 10.1. The van der Waals surface area contributed by atoms with Gasteiger partial charge in [-0.3, -0.25) is 4.90 Å². The molecule has 2 N–H and O–H groups in total. The van der Waals surface area contributed by atoms with E-state index in [9.17, 15) is 0 Å². The first-order chi connectivity index (χ1) is 14.0. The van der Waals surface area contributed by atoms with Crippen LogP contribution in [0.2, 0.25) is 0 Å². The van der Waals surface area contributed by atoms with E-state index in [2.05, 4.69) is 27.7 Å². The maximum atomic E-state index is 5.94. The predicted octanol–water partition coefficient (Wildman–Crippen LogP) is 3.37. The maximum Gasteiger partial charge on any atom is 0.161 e. The van der Waals surface area contributed by atoms with Gasteiger partial charge in [-0.2, -0.15) is 0 Å². The zero-order chi connectivity index (χ0) is 20.8. The molecule has 1 atom stereocenters. The summed E-state index contributed by atoms with van der Waals surface area (Å²) < 4.78 is 11.4. The SMILES string of the molecule is CNCc1cc(NC)nc([C@@H]2CCCN2Cc2ccc(OC)c(OC(C)C)c2)n1. The second-order valence-electron chi connectivity index (χ2n) is 7.66. The molecule has 1 aromatic heterocycles. The lowest BCUT2D eigenvalue weighted by molar-refractivity contribution is 0.225. The van der Waals surface area contributed by atoms with Crippen LogP contribution in [0, 0.1) is 0 Å². The molecule has 2 aromatic rings. The number of ether oxygens (including phenoxy) is 2. The minimum atomic E-state index is 0.0990. The first kappa shape index (κ1) is 21.3. The number of aromatic nitrogens is 2. The highest BCUT2D eigenvalue weighted by Gasteiger charge is 2.29. The smallest absolute Gasteiger partial charge is 0.161 e. The summed E-state index contributed by atoms with van der Waals surface area (Å²) in [6.07, 6.45) is 2.31. The molecule has 158 valence electrons. The Hall–Kier alpha value is -2.38. The van der Waals surface area contributed by atoms with Crippen molar-refractivity contribution in [3.8, 4) is 11.5 Å². The van der Waals surface area contributed by atoms with Gasteiger partial charge in [0.15, 0.2) is 11.5 Å². The van der Waals surface area contributed by atoms with Gasteiger partial charge in [-0.25, -0.2) is 9.97 Å². The molecule has 1 aliphatic heterocycles. The second-order valence-corrected chi connectivity index (χ2v) is 7.66. The van der Waals surface area contributed by atoms with E-state index < -0.39 is 0 Å². The number of anilines is 1. The molecule has 3 rings (SSSR count). The average Bonchev–Trinajstić information content (AvgIpc) is 3.16. The zero-order valence-corrected chi connectivity index (χ0v) is 18.2. The largest absolute Gasteiger partial charge is 0.493 e. The van der Waals surface area contributed by atoms with Gasteiger partial charge < -0.3 is 20.1 Å². The van der Waals surface area contributed by atoms with Crippen LogP contribution >= 0.6 is 0 Å². The lowest BCUT2D eigenvalue weighted by Gasteiger charge is -2.24. The highest BCUT2D eigenvalue weighted by Crippen LogP contribution is 2.34. The van der Waals surface area contributed by atoms with Crippen molar-refractivity contribution in [2.45, 2.75) is 51.9 Å². The molecule has 0 spiro atoms. The Labute approximate surface area is 173 Å². The Morgan fingerprint density at radius 1 is 1.17 bits per heavy atom. The molecule has 1 aromatic carbocycles. The molecule has 7 heteroatoms. The van der Waals surface area contributed by atoms with Crippen molar-refractivity contribution in [2.75, 3.05) is 33.1 Å². The average molecular weight is 400 g/mol. The quantitative estimate of drug-likeness (QED) is 0.670. The van der Waals surface area contributed by atoms with Crippen LogP contribution in [0.5, 0.6) is 11.5 Å². The van der Waals surface area contributed by atoms with Crippen molar-refractivity contribution in [3.63, 3.8) is 0 Å². The summed E-state index contributed by atoms with van der Waals surface area (Å²) >= 11 is 0. The lowest BCUT2D eigenvalue weighted by Crippen LogP contribution is -2.25. The van der Waals surface area contributed by atoms with Crippen LogP contribution in [0.1, 0.15) is 49.8 Å². The van der Waals surface area contributed by atoms with E-state index in [0.717, 1.165) is 61.3 Å². The summed E-state index contributed by atoms with van der Waals surface area (Å²) in [7, 11) is 5.51. The van der Waals surface area contributed by atoms with Crippen molar-refractivity contribution < 1.29 is 9.47 Å². The Kier molecular flexibility index (Phi) is 7.28. The van der Waals surface area contributed by atoms with Gasteiger partial charge in [-0.1, -0.05) is 6.07 Å². The summed E-state index contributed by atoms with van der Waals surface area (Å²) in [5.41, 5.74) is 2.21. The van der Waals surface area contributed by atoms with Crippen molar-refractivity contribution in [3.05, 3.63) is 41.3 Å². The van der Waals surface area contributed by atoms with Crippen LogP contribution in [0.3, 0.4) is 0 Å². The fourth-order valence-electron chi connectivity index (χ4n) is 3.77. The molecule has 0 aliphatic carbocycles. The van der Waals surface area contributed by atoms with E-state index in [1.54, 1.807) is 7.11 Å². The summed E-state index contributed by atoms with van der Waals surface area (Å²) in [5.74, 6) is 3.32. The maximum absolute atomic E-state index is 5.94. The van der Waals surface area contributed by atoms with Gasteiger partial charge in [0.05, 0.1) is 24.9 Å². The highest BCUT2D eigenvalue weighted by molar-refractivity contribution is 5.43. The fourth-order valence-corrected chi connectivity index (χ4v) is 3.77. The van der Waals surface area contributed by atoms with Crippen molar-refractivity contribution >= 4 is 5.82 Å². The van der Waals surface area contributed by atoms with Gasteiger partial charge in [-0.05, 0) is 58.0 Å². The van der Waals surface area contributed by atoms with Crippen molar-refractivity contribution in [1.82, 2.24) is 20.2 Å². The Morgan fingerprint density at radius 2 is 2.00 bits per heavy atom. The molecule has 0 bridgehead atoms. The normalized spacial score (nSPS) is 17.0. The van der Waals surface area contributed by atoms with Gasteiger partial charge in [0, 0.05) is 26.2 Å². The third-order valence-electron chi connectivity index (χ3n) is 5.05. The van der Waals surface area contributed by atoms with Gasteiger partial charge in [-0.15, -0.1) is 0 Å². The minimum absolute atomic E-state index is 0.0990. The minimum Gasteiger partial charge on any atom is -0.493 e. The zero-order valence-electron chi connectivity index (χ0n) is 18.2.